The zero-order valence-electron chi connectivity index (χ0n) is 15.6. The monoisotopic (exact) mass is 406 g/mol. The number of methoxy groups -OCH3 is 1. The van der Waals surface area contributed by atoms with E-state index in [1.165, 1.54) is 13.2 Å². The average molecular weight is 406 g/mol. The lowest BCUT2D eigenvalue weighted by molar-refractivity contribution is -0.394. The van der Waals surface area contributed by atoms with E-state index in [0.717, 1.165) is 28.7 Å². The quantitative estimate of drug-likeness (QED) is 0.357. The van der Waals surface area contributed by atoms with Gasteiger partial charge in [0.1, 0.15) is 5.82 Å². The van der Waals surface area contributed by atoms with E-state index in [2.05, 4.69) is 9.97 Å². The highest BCUT2D eigenvalue weighted by Crippen LogP contribution is 2.39. The highest BCUT2D eigenvalue weighted by Gasteiger charge is 2.22. The number of hydrogen-bond donors (Lipinski definition) is 1. The van der Waals surface area contributed by atoms with Gasteiger partial charge in [-0.15, -0.1) is 0 Å². The summed E-state index contributed by atoms with van der Waals surface area (Å²) >= 11 is 0. The Hall–Kier alpha value is -4.47. The zero-order chi connectivity index (χ0) is 21.3. The second-order valence-corrected chi connectivity index (χ2v) is 6.24. The number of benzene rings is 3. The number of nitrogens with one attached hydrogen (secondary N) is 1. The van der Waals surface area contributed by atoms with Crippen LogP contribution >= 0.6 is 0 Å². The highest BCUT2D eigenvalue weighted by atomic mass is 16.6. The highest BCUT2D eigenvalue weighted by molar-refractivity contribution is 5.79. The smallest absolute Gasteiger partial charge is 0.318 e. The van der Waals surface area contributed by atoms with Crippen molar-refractivity contribution in [2.75, 3.05) is 7.11 Å². The number of imidazole rings is 1. The number of nitrogens with zero attached hydrogens (tertiary/aromatic N) is 3. The van der Waals surface area contributed by atoms with Crippen molar-refractivity contribution in [3.05, 3.63) is 80.9 Å². The number of aromatic nitrogens is 2. The first kappa shape index (κ1) is 18.9. The van der Waals surface area contributed by atoms with Gasteiger partial charge in [0.2, 0.25) is 5.75 Å². The fraction of sp³-hybridized carbons (Fsp3) is 0.0500. The molecule has 4 rings (SSSR count). The third kappa shape index (κ3) is 3.49. The largest absolute Gasteiger partial charge is 0.493 e. The van der Waals surface area contributed by atoms with Gasteiger partial charge in [0, 0.05) is 11.6 Å². The minimum absolute atomic E-state index is 0.139. The summed E-state index contributed by atoms with van der Waals surface area (Å²) in [4.78, 5) is 28.5. The molecule has 1 aromatic heterocycles. The van der Waals surface area contributed by atoms with Gasteiger partial charge in [-0.3, -0.25) is 20.2 Å². The van der Waals surface area contributed by atoms with Crippen molar-refractivity contribution in [3.63, 3.8) is 0 Å². The zero-order valence-corrected chi connectivity index (χ0v) is 15.6. The molecule has 30 heavy (non-hydrogen) atoms. The van der Waals surface area contributed by atoms with Crippen LogP contribution in [0.15, 0.2) is 60.7 Å². The lowest BCUT2D eigenvalue weighted by Crippen LogP contribution is -1.97. The van der Waals surface area contributed by atoms with Gasteiger partial charge in [-0.25, -0.2) is 4.98 Å². The van der Waals surface area contributed by atoms with E-state index in [1.807, 2.05) is 24.3 Å². The minimum Gasteiger partial charge on any atom is -0.493 e. The second kappa shape index (κ2) is 7.51. The van der Waals surface area contributed by atoms with Gasteiger partial charge < -0.3 is 14.5 Å². The third-order valence-electron chi connectivity index (χ3n) is 4.40. The number of nitro benzene ring substituents is 2. The number of ether oxygens (including phenoxy) is 2. The summed E-state index contributed by atoms with van der Waals surface area (Å²) in [5, 5.41) is 22.2. The summed E-state index contributed by atoms with van der Waals surface area (Å²) in [6.07, 6.45) is 0. The van der Waals surface area contributed by atoms with Crippen LogP contribution in [0.3, 0.4) is 0 Å². The van der Waals surface area contributed by atoms with Crippen molar-refractivity contribution in [2.45, 2.75) is 0 Å². The Morgan fingerprint density at radius 1 is 0.900 bits per heavy atom. The molecule has 0 saturated carbocycles. The predicted octanol–water partition coefficient (Wildman–Crippen LogP) is 4.85. The fourth-order valence-electron chi connectivity index (χ4n) is 2.96. The molecule has 0 radical (unpaired) electrons. The van der Waals surface area contributed by atoms with E-state index in [-0.39, 0.29) is 11.5 Å². The summed E-state index contributed by atoms with van der Waals surface area (Å²) in [6.45, 7) is 0. The van der Waals surface area contributed by atoms with E-state index >= 15 is 0 Å². The average Bonchev–Trinajstić information content (AvgIpc) is 3.18. The van der Waals surface area contributed by atoms with Crippen LogP contribution < -0.4 is 9.47 Å². The first-order valence-corrected chi connectivity index (χ1v) is 8.70. The molecule has 10 nitrogen and oxygen atoms in total. The summed E-state index contributed by atoms with van der Waals surface area (Å²) < 4.78 is 11.0. The topological polar surface area (TPSA) is 133 Å². The molecule has 10 heteroatoms. The Bertz CT molecular complexity index is 1250. The van der Waals surface area contributed by atoms with E-state index in [0.29, 0.717) is 11.6 Å². The van der Waals surface area contributed by atoms with Crippen LogP contribution in [-0.4, -0.2) is 26.9 Å². The molecular weight excluding hydrogens is 392 g/mol. The van der Waals surface area contributed by atoms with Crippen molar-refractivity contribution in [1.82, 2.24) is 9.97 Å². The van der Waals surface area contributed by atoms with Crippen LogP contribution in [0, 0.1) is 20.2 Å². The van der Waals surface area contributed by atoms with E-state index < -0.39 is 21.2 Å². The number of H-pyrrole nitrogens is 1. The number of fused-ring (bicyclic) bond motifs is 1. The molecule has 0 spiro atoms. The Labute approximate surface area is 169 Å². The molecule has 1 heterocycles. The van der Waals surface area contributed by atoms with Crippen molar-refractivity contribution in [1.29, 1.82) is 0 Å². The number of nitro groups is 2. The summed E-state index contributed by atoms with van der Waals surface area (Å²) in [7, 11) is 1.44. The standard InChI is InChI=1S/C20H14N4O6/c1-29-19-10-12(20-21-14-4-2-3-5-15(14)22-20)6-8-18(19)30-17-9-7-13(23(25)26)11-16(17)24(27)28/h2-11H,1H3,(H,21,22). The molecule has 0 bridgehead atoms. The molecular formula is C20H14N4O6. The molecule has 0 aliphatic heterocycles. The molecule has 0 unspecified atom stereocenters. The Balaban J connectivity index is 1.70. The van der Waals surface area contributed by atoms with Crippen LogP contribution in [0.5, 0.6) is 17.2 Å². The summed E-state index contributed by atoms with van der Waals surface area (Å²) in [5.74, 6) is 1.03. The van der Waals surface area contributed by atoms with Crippen molar-refractivity contribution in [3.8, 4) is 28.6 Å². The molecule has 1 N–H and O–H groups in total. The number of rotatable bonds is 6. The van der Waals surface area contributed by atoms with Crippen LogP contribution in [0.1, 0.15) is 0 Å². The molecule has 0 aliphatic rings. The predicted molar refractivity (Wildman–Crippen MR) is 108 cm³/mol. The van der Waals surface area contributed by atoms with Gasteiger partial charge >= 0.3 is 5.69 Å². The molecule has 4 aromatic rings. The number of non-ortho nitro benzene ring substituents is 1. The summed E-state index contributed by atoms with van der Waals surface area (Å²) in [5.41, 5.74) is 1.50. The Morgan fingerprint density at radius 2 is 1.67 bits per heavy atom. The van der Waals surface area contributed by atoms with Gasteiger partial charge in [0.15, 0.2) is 11.5 Å². The van der Waals surface area contributed by atoms with Crippen molar-refractivity contribution < 1.29 is 19.3 Å². The Morgan fingerprint density at radius 3 is 2.37 bits per heavy atom. The van der Waals surface area contributed by atoms with Gasteiger partial charge in [-0.05, 0) is 36.4 Å². The molecule has 0 saturated heterocycles. The molecule has 150 valence electrons. The van der Waals surface area contributed by atoms with Crippen LogP contribution in [0.2, 0.25) is 0 Å². The number of hydrogen-bond acceptors (Lipinski definition) is 7. The minimum atomic E-state index is -0.739. The molecule has 3 aromatic carbocycles. The maximum Gasteiger partial charge on any atom is 0.318 e. The lowest BCUT2D eigenvalue weighted by atomic mass is 10.2. The van der Waals surface area contributed by atoms with Crippen molar-refractivity contribution in [2.24, 2.45) is 0 Å². The molecule has 0 atom stereocenters. The van der Waals surface area contributed by atoms with Gasteiger partial charge in [-0.1, -0.05) is 12.1 Å². The van der Waals surface area contributed by atoms with Gasteiger partial charge in [0.25, 0.3) is 5.69 Å². The van der Waals surface area contributed by atoms with Gasteiger partial charge in [0.05, 0.1) is 34.1 Å². The Kier molecular flexibility index (Phi) is 4.72. The first-order chi connectivity index (χ1) is 14.5. The van der Waals surface area contributed by atoms with Crippen molar-refractivity contribution >= 4 is 22.4 Å². The molecule has 0 aliphatic carbocycles. The fourth-order valence-corrected chi connectivity index (χ4v) is 2.96. The van der Waals surface area contributed by atoms with Gasteiger partial charge in [-0.2, -0.15) is 0 Å². The second-order valence-electron chi connectivity index (χ2n) is 6.24. The maximum atomic E-state index is 11.3. The normalized spacial score (nSPS) is 10.7. The SMILES string of the molecule is COc1cc(-c2nc3ccccc3[nH]2)ccc1Oc1ccc([N+](=O)[O-])cc1[N+](=O)[O-]. The van der Waals surface area contributed by atoms with E-state index in [4.69, 9.17) is 9.47 Å². The van der Waals surface area contributed by atoms with Crippen LogP contribution in [0.4, 0.5) is 11.4 Å². The van der Waals surface area contributed by atoms with E-state index in [1.54, 1.807) is 18.2 Å². The first-order valence-electron chi connectivity index (χ1n) is 8.70. The number of aromatic amines is 1. The summed E-state index contributed by atoms with van der Waals surface area (Å²) in [6, 6.07) is 15.8. The van der Waals surface area contributed by atoms with E-state index in [9.17, 15) is 20.2 Å². The molecule has 0 amide bonds. The molecule has 0 fully saturated rings. The van der Waals surface area contributed by atoms with Crippen LogP contribution in [-0.2, 0) is 0 Å². The maximum absolute atomic E-state index is 11.3. The number of para-hydroxylation sites is 2. The lowest BCUT2D eigenvalue weighted by Gasteiger charge is -2.11. The van der Waals surface area contributed by atoms with Crippen LogP contribution in [0.25, 0.3) is 22.4 Å². The third-order valence-corrected chi connectivity index (χ3v) is 4.40.